The lowest BCUT2D eigenvalue weighted by atomic mass is 9.81. The molecule has 2 aliphatic rings. The fourth-order valence-electron chi connectivity index (χ4n) is 5.81. The zero-order chi connectivity index (χ0) is 26.1. The van der Waals surface area contributed by atoms with Crippen LogP contribution in [0, 0.1) is 11.8 Å². The van der Waals surface area contributed by atoms with Crippen LogP contribution in [0.5, 0.6) is 0 Å². The predicted molar refractivity (Wildman–Crippen MR) is 144 cm³/mol. The number of carbonyl (C=O) groups excluding carboxylic acids is 1. The van der Waals surface area contributed by atoms with Crippen molar-refractivity contribution in [1.82, 2.24) is 10.2 Å². The van der Waals surface area contributed by atoms with Crippen LogP contribution in [0.25, 0.3) is 0 Å². The van der Waals surface area contributed by atoms with E-state index in [1.807, 2.05) is 54.6 Å². The Labute approximate surface area is 214 Å². The molecule has 1 saturated heterocycles. The number of aliphatic imine (C=N–C) groups is 1. The van der Waals surface area contributed by atoms with Gasteiger partial charge in [-0.2, -0.15) is 0 Å². The summed E-state index contributed by atoms with van der Waals surface area (Å²) in [5, 5.41) is 25.1. The summed E-state index contributed by atoms with van der Waals surface area (Å²) in [6, 6.07) is 17.3. The molecule has 3 N–H and O–H groups in total. The highest BCUT2D eigenvalue weighted by Gasteiger charge is 2.58. The van der Waals surface area contributed by atoms with Crippen molar-refractivity contribution in [3.63, 3.8) is 0 Å². The summed E-state index contributed by atoms with van der Waals surface area (Å²) < 4.78 is 0. The third-order valence-corrected chi connectivity index (χ3v) is 7.46. The number of hydrogen-bond donors (Lipinski definition) is 3. The molecule has 2 heterocycles. The molecule has 6 nitrogen and oxygen atoms in total. The fourth-order valence-corrected chi connectivity index (χ4v) is 5.81. The molecule has 0 aromatic heterocycles. The van der Waals surface area contributed by atoms with E-state index >= 15 is 0 Å². The smallest absolute Gasteiger partial charge is 0.255 e. The van der Waals surface area contributed by atoms with Gasteiger partial charge in [-0.1, -0.05) is 77.1 Å². The number of aliphatic hydroxyl groups is 2. The van der Waals surface area contributed by atoms with Gasteiger partial charge in [0.15, 0.2) is 6.29 Å². The third-order valence-electron chi connectivity index (χ3n) is 7.46. The van der Waals surface area contributed by atoms with Crippen LogP contribution in [0.4, 0.5) is 0 Å². The molecule has 0 radical (unpaired) electrons. The van der Waals surface area contributed by atoms with Crippen molar-refractivity contribution in [2.24, 2.45) is 16.8 Å². The zero-order valence-corrected chi connectivity index (χ0v) is 22.0. The average molecular weight is 490 g/mol. The highest BCUT2D eigenvalue weighted by atomic mass is 16.5. The number of hydrogen-bond acceptors (Lipinski definition) is 5. The zero-order valence-electron chi connectivity index (χ0n) is 22.0. The Hall–Kier alpha value is -2.96. The van der Waals surface area contributed by atoms with Crippen molar-refractivity contribution >= 4 is 11.6 Å². The number of nitrogens with zero attached hydrogens (tertiary/aromatic N) is 2. The molecule has 4 rings (SSSR count). The molecule has 0 aliphatic carbocycles. The van der Waals surface area contributed by atoms with E-state index in [0.717, 1.165) is 16.8 Å². The first kappa shape index (κ1) is 26.1. The normalized spacial score (nSPS) is 24.2. The molecule has 3 atom stereocenters. The van der Waals surface area contributed by atoms with E-state index < -0.39 is 11.8 Å². The number of nitrogens with one attached hydrogen (secondary N) is 1. The van der Waals surface area contributed by atoms with Gasteiger partial charge in [0.05, 0.1) is 18.1 Å². The molecule has 6 heteroatoms. The standard InChI is InChI=1S/C30H39N3O3/c1-20(2)17-30(28(35)36)18-24(25-19-31-15-16-32-25)26(21-9-7-6-8-10-21)33(30)27(34)22-11-13-23(14-12-22)29(3,4)5/h6-16,20,24,26,28,31,35-36H,17-19H2,1-5H3/t24-,26+,30+/m1/s1. The number of carbonyl (C=O) groups is 1. The monoisotopic (exact) mass is 489 g/mol. The second-order valence-electron chi connectivity index (χ2n) is 11.6. The number of amides is 1. The SMILES string of the molecule is CC(C)C[C@@]1(C(O)O)C[C@H](C2=NC=CNC2)[C@H](c2ccccc2)N1C(=O)c1ccc(C(C)(C)C)cc1. The molecule has 0 saturated carbocycles. The molecular formula is C30H39N3O3. The minimum atomic E-state index is -1.69. The molecule has 2 aromatic rings. The molecule has 2 aliphatic heterocycles. The van der Waals surface area contributed by atoms with E-state index in [1.165, 1.54) is 0 Å². The van der Waals surface area contributed by atoms with Gasteiger partial charge in [-0.3, -0.25) is 9.79 Å². The van der Waals surface area contributed by atoms with Crippen LogP contribution in [0.1, 0.15) is 75.0 Å². The van der Waals surface area contributed by atoms with Crippen molar-refractivity contribution in [2.45, 2.75) is 70.7 Å². The van der Waals surface area contributed by atoms with Crippen LogP contribution in [0.3, 0.4) is 0 Å². The van der Waals surface area contributed by atoms with Crippen LogP contribution in [-0.2, 0) is 5.41 Å². The minimum Gasteiger partial charge on any atom is -0.384 e. The quantitative estimate of drug-likeness (QED) is 0.509. The Bertz CT molecular complexity index is 1120. The van der Waals surface area contributed by atoms with Crippen molar-refractivity contribution in [2.75, 3.05) is 6.54 Å². The maximum Gasteiger partial charge on any atom is 0.255 e. The van der Waals surface area contributed by atoms with Crippen LogP contribution >= 0.6 is 0 Å². The second-order valence-corrected chi connectivity index (χ2v) is 11.6. The van der Waals surface area contributed by atoms with Gasteiger partial charge in [-0.05, 0) is 47.4 Å². The predicted octanol–water partition coefficient (Wildman–Crippen LogP) is 4.80. The van der Waals surface area contributed by atoms with Crippen LogP contribution in [-0.4, -0.2) is 45.1 Å². The number of likely N-dealkylation sites (tertiary alicyclic amines) is 1. The Kier molecular flexibility index (Phi) is 7.39. The lowest BCUT2D eigenvalue weighted by Crippen LogP contribution is -2.56. The molecule has 0 spiro atoms. The van der Waals surface area contributed by atoms with Crippen molar-refractivity contribution in [1.29, 1.82) is 0 Å². The van der Waals surface area contributed by atoms with E-state index in [-0.39, 0.29) is 29.2 Å². The van der Waals surface area contributed by atoms with Gasteiger partial charge in [-0.15, -0.1) is 0 Å². The summed E-state index contributed by atoms with van der Waals surface area (Å²) >= 11 is 0. The molecular weight excluding hydrogens is 450 g/mol. The molecule has 1 amide bonds. The Morgan fingerprint density at radius 2 is 1.78 bits per heavy atom. The van der Waals surface area contributed by atoms with E-state index in [0.29, 0.717) is 24.9 Å². The first-order valence-corrected chi connectivity index (χ1v) is 12.8. The summed E-state index contributed by atoms with van der Waals surface area (Å²) in [5.74, 6) is -0.212. The van der Waals surface area contributed by atoms with Crippen LogP contribution in [0.2, 0.25) is 0 Å². The second kappa shape index (κ2) is 10.2. The lowest BCUT2D eigenvalue weighted by Gasteiger charge is -2.43. The molecule has 0 unspecified atom stereocenters. The molecule has 1 fully saturated rings. The molecule has 2 aromatic carbocycles. The Morgan fingerprint density at radius 1 is 1.11 bits per heavy atom. The minimum absolute atomic E-state index is 0.0325. The molecule has 0 bridgehead atoms. The maximum absolute atomic E-state index is 14.4. The Morgan fingerprint density at radius 3 is 2.31 bits per heavy atom. The van der Waals surface area contributed by atoms with E-state index in [2.05, 4.69) is 44.9 Å². The van der Waals surface area contributed by atoms with Gasteiger partial charge < -0.3 is 20.4 Å². The largest absolute Gasteiger partial charge is 0.384 e. The summed E-state index contributed by atoms with van der Waals surface area (Å²) in [4.78, 5) is 20.8. The average Bonchev–Trinajstić information content (AvgIpc) is 3.20. The lowest BCUT2D eigenvalue weighted by molar-refractivity contribution is -0.143. The van der Waals surface area contributed by atoms with Crippen molar-refractivity contribution in [3.05, 3.63) is 83.7 Å². The van der Waals surface area contributed by atoms with Crippen molar-refractivity contribution in [3.8, 4) is 0 Å². The van der Waals surface area contributed by atoms with Crippen molar-refractivity contribution < 1.29 is 15.0 Å². The van der Waals surface area contributed by atoms with E-state index in [9.17, 15) is 15.0 Å². The van der Waals surface area contributed by atoms with Gasteiger partial charge in [0.2, 0.25) is 0 Å². The first-order valence-electron chi connectivity index (χ1n) is 12.8. The van der Waals surface area contributed by atoms with Crippen LogP contribution < -0.4 is 5.32 Å². The summed E-state index contributed by atoms with van der Waals surface area (Å²) in [7, 11) is 0. The third kappa shape index (κ3) is 4.97. The van der Waals surface area contributed by atoms with Gasteiger partial charge in [0.1, 0.15) is 0 Å². The highest BCUT2D eigenvalue weighted by Crippen LogP contribution is 2.52. The molecule has 36 heavy (non-hydrogen) atoms. The Balaban J connectivity index is 1.88. The topological polar surface area (TPSA) is 85.2 Å². The van der Waals surface area contributed by atoms with Gasteiger partial charge in [0.25, 0.3) is 5.91 Å². The molecule has 192 valence electrons. The fraction of sp³-hybridized carbons (Fsp3) is 0.467. The van der Waals surface area contributed by atoms with Gasteiger partial charge >= 0.3 is 0 Å². The maximum atomic E-state index is 14.4. The number of aliphatic hydroxyl groups excluding tert-OH is 1. The van der Waals surface area contributed by atoms with Gasteiger partial charge in [0, 0.05) is 29.6 Å². The highest BCUT2D eigenvalue weighted by molar-refractivity contribution is 5.97. The summed E-state index contributed by atoms with van der Waals surface area (Å²) in [6.07, 6.45) is 2.73. The van der Waals surface area contributed by atoms with E-state index in [4.69, 9.17) is 0 Å². The number of rotatable bonds is 6. The van der Waals surface area contributed by atoms with Crippen LogP contribution in [0.15, 0.2) is 72.0 Å². The summed E-state index contributed by atoms with van der Waals surface area (Å²) in [5.41, 5.74) is 2.38. The van der Waals surface area contributed by atoms with Gasteiger partial charge in [-0.25, -0.2) is 0 Å². The first-order chi connectivity index (χ1) is 17.0. The summed E-state index contributed by atoms with van der Waals surface area (Å²) in [6.45, 7) is 11.1. The van der Waals surface area contributed by atoms with E-state index in [1.54, 1.807) is 17.3 Å². The number of benzene rings is 2.